The maximum atomic E-state index is 11.2. The molecule has 0 amide bonds. The lowest BCUT2D eigenvalue weighted by atomic mass is 9.95. The molecule has 2 rings (SSSR count). The maximum Gasteiger partial charge on any atom is 0.338 e. The molecule has 0 bridgehead atoms. The van der Waals surface area contributed by atoms with Crippen molar-refractivity contribution in [3.05, 3.63) is 35.5 Å². The van der Waals surface area contributed by atoms with Crippen LogP contribution < -0.4 is 0 Å². The fourth-order valence-corrected chi connectivity index (χ4v) is 2.77. The Morgan fingerprint density at radius 2 is 2.29 bits per heavy atom. The van der Waals surface area contributed by atoms with Crippen molar-refractivity contribution in [2.75, 3.05) is 5.75 Å². The van der Waals surface area contributed by atoms with Gasteiger partial charge in [0.15, 0.2) is 0 Å². The number of carbonyl (C=O) groups is 1. The summed E-state index contributed by atoms with van der Waals surface area (Å²) >= 11 is 1.44. The molecule has 4 heteroatoms. The van der Waals surface area contributed by atoms with Crippen molar-refractivity contribution in [3.63, 3.8) is 0 Å². The maximum absolute atomic E-state index is 11.2. The standard InChI is InChI=1S/C13H15NO2S/c1-2-7-17-12-10(13(15)16)8-9-5-3-4-6-11(9)14-12/h2,8H,1,3-7H2,(H,15,16). The minimum Gasteiger partial charge on any atom is -0.478 e. The summed E-state index contributed by atoms with van der Waals surface area (Å²) in [5.74, 6) is -0.205. The van der Waals surface area contributed by atoms with Gasteiger partial charge in [0.2, 0.25) is 0 Å². The van der Waals surface area contributed by atoms with Crippen LogP contribution in [-0.2, 0) is 12.8 Å². The van der Waals surface area contributed by atoms with E-state index in [1.807, 2.05) is 0 Å². The van der Waals surface area contributed by atoms with Crippen molar-refractivity contribution < 1.29 is 9.90 Å². The van der Waals surface area contributed by atoms with Gasteiger partial charge in [-0.1, -0.05) is 6.08 Å². The van der Waals surface area contributed by atoms with E-state index in [4.69, 9.17) is 0 Å². The monoisotopic (exact) mass is 249 g/mol. The van der Waals surface area contributed by atoms with E-state index in [1.165, 1.54) is 11.8 Å². The van der Waals surface area contributed by atoms with Crippen LogP contribution in [0, 0.1) is 0 Å². The lowest BCUT2D eigenvalue weighted by Crippen LogP contribution is -2.10. The third kappa shape index (κ3) is 2.69. The Morgan fingerprint density at radius 1 is 1.53 bits per heavy atom. The Morgan fingerprint density at radius 3 is 3.00 bits per heavy atom. The van der Waals surface area contributed by atoms with Gasteiger partial charge in [-0.15, -0.1) is 18.3 Å². The van der Waals surface area contributed by atoms with Gasteiger partial charge in [-0.3, -0.25) is 0 Å². The summed E-state index contributed by atoms with van der Waals surface area (Å²) in [5, 5.41) is 9.81. The van der Waals surface area contributed by atoms with Gasteiger partial charge in [0.1, 0.15) is 5.03 Å². The molecule has 0 fully saturated rings. The molecule has 3 nitrogen and oxygen atoms in total. The first-order valence-corrected chi connectivity index (χ1v) is 6.70. The van der Waals surface area contributed by atoms with Crippen molar-refractivity contribution in [3.8, 4) is 0 Å². The number of carboxylic acids is 1. The third-order valence-electron chi connectivity index (χ3n) is 2.83. The molecule has 1 aliphatic rings. The molecule has 0 spiro atoms. The molecule has 0 aliphatic heterocycles. The zero-order valence-electron chi connectivity index (χ0n) is 9.61. The van der Waals surface area contributed by atoms with Gasteiger partial charge in [0.25, 0.3) is 0 Å². The number of aromatic carboxylic acids is 1. The molecule has 0 saturated heterocycles. The number of carboxylic acid groups (broad SMARTS) is 1. The largest absolute Gasteiger partial charge is 0.478 e. The van der Waals surface area contributed by atoms with Crippen LogP contribution >= 0.6 is 11.8 Å². The van der Waals surface area contributed by atoms with Crippen LogP contribution in [0.15, 0.2) is 23.7 Å². The normalized spacial score (nSPS) is 14.1. The quantitative estimate of drug-likeness (QED) is 0.658. The first-order chi connectivity index (χ1) is 8.22. The predicted molar refractivity (Wildman–Crippen MR) is 68.8 cm³/mol. The first-order valence-electron chi connectivity index (χ1n) is 5.72. The highest BCUT2D eigenvalue weighted by atomic mass is 32.2. The molecule has 0 saturated carbocycles. The Kier molecular flexibility index (Phi) is 3.84. The number of aromatic nitrogens is 1. The molecule has 1 aromatic rings. The van der Waals surface area contributed by atoms with E-state index in [0.717, 1.165) is 36.9 Å². The summed E-state index contributed by atoms with van der Waals surface area (Å²) in [7, 11) is 0. The van der Waals surface area contributed by atoms with Crippen LogP contribution in [0.1, 0.15) is 34.5 Å². The number of hydrogen-bond acceptors (Lipinski definition) is 3. The fraction of sp³-hybridized carbons (Fsp3) is 0.385. The second-order valence-electron chi connectivity index (χ2n) is 4.06. The lowest BCUT2D eigenvalue weighted by molar-refractivity contribution is 0.0692. The molecule has 17 heavy (non-hydrogen) atoms. The summed E-state index contributed by atoms with van der Waals surface area (Å²) in [5.41, 5.74) is 2.52. The Hall–Kier alpha value is -1.29. The Balaban J connectivity index is 2.40. The number of aryl methyl sites for hydroxylation is 2. The highest BCUT2D eigenvalue weighted by molar-refractivity contribution is 7.99. The second-order valence-corrected chi connectivity index (χ2v) is 5.07. The van der Waals surface area contributed by atoms with E-state index in [2.05, 4.69) is 11.6 Å². The molecule has 0 aromatic carbocycles. The van der Waals surface area contributed by atoms with E-state index in [0.29, 0.717) is 16.3 Å². The van der Waals surface area contributed by atoms with Crippen LogP contribution in [-0.4, -0.2) is 21.8 Å². The van der Waals surface area contributed by atoms with Crippen LogP contribution in [0.5, 0.6) is 0 Å². The predicted octanol–water partition coefficient (Wildman–Crippen LogP) is 2.94. The summed E-state index contributed by atoms with van der Waals surface area (Å²) in [6, 6.07) is 1.80. The minimum absolute atomic E-state index is 0.331. The van der Waals surface area contributed by atoms with E-state index in [9.17, 15) is 9.90 Å². The summed E-state index contributed by atoms with van der Waals surface area (Å²) in [4.78, 5) is 15.7. The average molecular weight is 249 g/mol. The average Bonchev–Trinajstić information content (AvgIpc) is 2.35. The van der Waals surface area contributed by atoms with Gasteiger partial charge in [-0.05, 0) is 37.3 Å². The van der Waals surface area contributed by atoms with Crippen molar-refractivity contribution in [2.24, 2.45) is 0 Å². The van der Waals surface area contributed by atoms with Crippen molar-refractivity contribution in [1.82, 2.24) is 4.98 Å². The molecule has 1 aliphatic carbocycles. The first kappa shape index (κ1) is 12.2. The van der Waals surface area contributed by atoms with Gasteiger partial charge in [-0.2, -0.15) is 0 Å². The molecular weight excluding hydrogens is 234 g/mol. The summed E-state index contributed by atoms with van der Waals surface area (Å²) < 4.78 is 0. The van der Waals surface area contributed by atoms with Crippen LogP contribution in [0.25, 0.3) is 0 Å². The summed E-state index contributed by atoms with van der Waals surface area (Å²) in [6.07, 6.45) is 5.97. The molecule has 1 aromatic heterocycles. The number of nitrogens with zero attached hydrogens (tertiary/aromatic N) is 1. The molecule has 1 heterocycles. The topological polar surface area (TPSA) is 50.2 Å². The molecule has 0 atom stereocenters. The van der Waals surface area contributed by atoms with E-state index in [-0.39, 0.29) is 0 Å². The van der Waals surface area contributed by atoms with Gasteiger partial charge < -0.3 is 5.11 Å². The van der Waals surface area contributed by atoms with Crippen LogP contribution in [0.3, 0.4) is 0 Å². The van der Waals surface area contributed by atoms with Crippen molar-refractivity contribution in [1.29, 1.82) is 0 Å². The third-order valence-corrected chi connectivity index (χ3v) is 3.82. The summed E-state index contributed by atoms with van der Waals surface area (Å²) in [6.45, 7) is 3.64. The highest BCUT2D eigenvalue weighted by Gasteiger charge is 2.18. The van der Waals surface area contributed by atoms with Gasteiger partial charge in [-0.25, -0.2) is 9.78 Å². The zero-order chi connectivity index (χ0) is 12.3. The van der Waals surface area contributed by atoms with E-state index >= 15 is 0 Å². The number of hydrogen-bond donors (Lipinski definition) is 1. The molecule has 0 unspecified atom stereocenters. The molecule has 0 radical (unpaired) electrons. The van der Waals surface area contributed by atoms with E-state index in [1.54, 1.807) is 12.1 Å². The van der Waals surface area contributed by atoms with E-state index < -0.39 is 5.97 Å². The van der Waals surface area contributed by atoms with Crippen molar-refractivity contribution >= 4 is 17.7 Å². The second kappa shape index (κ2) is 5.36. The minimum atomic E-state index is -0.891. The Labute approximate surface area is 105 Å². The number of thioether (sulfide) groups is 1. The van der Waals surface area contributed by atoms with Gasteiger partial charge in [0, 0.05) is 11.4 Å². The lowest BCUT2D eigenvalue weighted by Gasteiger charge is -2.16. The van der Waals surface area contributed by atoms with Crippen molar-refractivity contribution in [2.45, 2.75) is 30.7 Å². The van der Waals surface area contributed by atoms with Gasteiger partial charge >= 0.3 is 5.97 Å². The molecule has 90 valence electrons. The zero-order valence-corrected chi connectivity index (χ0v) is 10.4. The van der Waals surface area contributed by atoms with Crippen LogP contribution in [0.4, 0.5) is 0 Å². The fourth-order valence-electron chi connectivity index (χ4n) is 2.02. The van der Waals surface area contributed by atoms with Gasteiger partial charge in [0.05, 0.1) is 5.56 Å². The number of rotatable bonds is 4. The Bertz CT molecular complexity index is 457. The SMILES string of the molecule is C=CCSc1nc2c(cc1C(=O)O)CCCC2. The number of fused-ring (bicyclic) bond motifs is 1. The highest BCUT2D eigenvalue weighted by Crippen LogP contribution is 2.27. The number of pyridine rings is 1. The smallest absolute Gasteiger partial charge is 0.338 e. The molecule has 1 N–H and O–H groups in total. The van der Waals surface area contributed by atoms with Crippen LogP contribution in [0.2, 0.25) is 0 Å². The molecular formula is C13H15NO2S.